The highest BCUT2D eigenvalue weighted by Crippen LogP contribution is 2.22. The second kappa shape index (κ2) is 7.25. The molecule has 0 saturated carbocycles. The number of rotatable bonds is 5. The molecule has 0 saturated heterocycles. The first kappa shape index (κ1) is 17.3. The number of nitrogens with one attached hydrogen (secondary N) is 2. The van der Waals surface area contributed by atoms with E-state index in [1.165, 1.54) is 0 Å². The zero-order valence-corrected chi connectivity index (χ0v) is 15.5. The summed E-state index contributed by atoms with van der Waals surface area (Å²) < 4.78 is 1.66. The fraction of sp³-hybridized carbons (Fsp3) is 0.150. The molecule has 0 fully saturated rings. The molecule has 136 valence electrons. The van der Waals surface area contributed by atoms with E-state index in [0.29, 0.717) is 29.4 Å². The number of hydrogen-bond acceptors (Lipinski definition) is 3. The minimum Gasteiger partial charge on any atom is -0.361 e. The number of nitrogens with zero attached hydrogens (tertiary/aromatic N) is 3. The van der Waals surface area contributed by atoms with Crippen LogP contribution < -0.4 is 5.32 Å². The number of halogens is 1. The summed E-state index contributed by atoms with van der Waals surface area (Å²) in [5, 5.41) is 12.9. The van der Waals surface area contributed by atoms with Crippen LogP contribution in [0.15, 0.2) is 54.7 Å². The highest BCUT2D eigenvalue weighted by atomic mass is 35.5. The second-order valence-electron chi connectivity index (χ2n) is 6.28. The molecule has 4 rings (SSSR count). The van der Waals surface area contributed by atoms with Crippen LogP contribution in [0.2, 0.25) is 5.02 Å². The molecule has 2 aromatic heterocycles. The molecule has 27 heavy (non-hydrogen) atoms. The van der Waals surface area contributed by atoms with Gasteiger partial charge in [0, 0.05) is 28.7 Å². The molecule has 0 bridgehead atoms. The first-order valence-corrected chi connectivity index (χ1v) is 9.03. The van der Waals surface area contributed by atoms with E-state index >= 15 is 0 Å². The Morgan fingerprint density at radius 3 is 2.85 bits per heavy atom. The molecule has 6 nitrogen and oxygen atoms in total. The molecule has 2 aromatic carbocycles. The summed E-state index contributed by atoms with van der Waals surface area (Å²) >= 11 is 6.01. The lowest BCUT2D eigenvalue weighted by Gasteiger charge is -2.05. The first-order valence-electron chi connectivity index (χ1n) is 8.65. The molecule has 7 heteroatoms. The van der Waals surface area contributed by atoms with Crippen LogP contribution in [0.3, 0.4) is 0 Å². The number of carbonyl (C=O) groups is 1. The highest BCUT2D eigenvalue weighted by Gasteiger charge is 2.17. The number of aromatic amines is 1. The van der Waals surface area contributed by atoms with Crippen molar-refractivity contribution in [1.29, 1.82) is 0 Å². The Bertz CT molecular complexity index is 1100. The first-order chi connectivity index (χ1) is 13.1. The third-order valence-electron chi connectivity index (χ3n) is 4.52. The smallest absolute Gasteiger partial charge is 0.273 e. The maximum Gasteiger partial charge on any atom is 0.273 e. The maximum atomic E-state index is 12.5. The van der Waals surface area contributed by atoms with Gasteiger partial charge in [0.2, 0.25) is 0 Å². The van der Waals surface area contributed by atoms with Crippen molar-refractivity contribution in [3.8, 4) is 5.69 Å². The molecule has 1 amide bonds. The standard InChI is InChI=1S/C20H18ClN5O/c1-13-19(24-25-26(13)16-5-3-2-4-6-16)20(27)22-10-9-14-12-23-18-11-15(21)7-8-17(14)18/h2-8,11-12,23H,9-10H2,1H3,(H,22,27). The van der Waals surface area contributed by atoms with Crippen molar-refractivity contribution < 1.29 is 4.79 Å². The maximum absolute atomic E-state index is 12.5. The predicted octanol–water partition coefficient (Wildman–Crippen LogP) is 3.68. The number of aromatic nitrogens is 4. The van der Waals surface area contributed by atoms with Crippen molar-refractivity contribution in [3.05, 3.63) is 76.7 Å². The summed E-state index contributed by atoms with van der Waals surface area (Å²) in [6, 6.07) is 15.4. The fourth-order valence-corrected chi connectivity index (χ4v) is 3.29. The van der Waals surface area contributed by atoms with Gasteiger partial charge in [0.1, 0.15) is 0 Å². The summed E-state index contributed by atoms with van der Waals surface area (Å²) in [7, 11) is 0. The number of benzene rings is 2. The number of amides is 1. The molecule has 0 spiro atoms. The average Bonchev–Trinajstić information content (AvgIpc) is 3.25. The minimum absolute atomic E-state index is 0.224. The summed E-state index contributed by atoms with van der Waals surface area (Å²) in [5.74, 6) is -0.224. The summed E-state index contributed by atoms with van der Waals surface area (Å²) in [6.45, 7) is 2.34. The van der Waals surface area contributed by atoms with Gasteiger partial charge in [-0.05, 0) is 43.2 Å². The lowest BCUT2D eigenvalue weighted by molar-refractivity contribution is 0.0948. The number of fused-ring (bicyclic) bond motifs is 1. The van der Waals surface area contributed by atoms with Gasteiger partial charge in [-0.2, -0.15) is 0 Å². The molecular weight excluding hydrogens is 362 g/mol. The summed E-state index contributed by atoms with van der Waals surface area (Å²) in [4.78, 5) is 15.7. The number of carbonyl (C=O) groups excluding carboxylic acids is 1. The number of H-pyrrole nitrogens is 1. The van der Waals surface area contributed by atoms with E-state index in [1.54, 1.807) is 4.68 Å². The molecule has 2 heterocycles. The van der Waals surface area contributed by atoms with Crippen LogP contribution in [0.25, 0.3) is 16.6 Å². The molecule has 0 aliphatic carbocycles. The normalized spacial score (nSPS) is 11.0. The lowest BCUT2D eigenvalue weighted by atomic mass is 10.1. The summed E-state index contributed by atoms with van der Waals surface area (Å²) in [5.41, 5.74) is 4.04. The molecule has 4 aromatic rings. The minimum atomic E-state index is -0.224. The SMILES string of the molecule is Cc1c(C(=O)NCCc2c[nH]c3cc(Cl)ccc23)nnn1-c1ccccc1. The predicted molar refractivity (Wildman–Crippen MR) is 105 cm³/mol. The Balaban J connectivity index is 1.43. The van der Waals surface area contributed by atoms with Crippen LogP contribution in [0.1, 0.15) is 21.7 Å². The molecular formula is C20H18ClN5O. The van der Waals surface area contributed by atoms with Gasteiger partial charge < -0.3 is 10.3 Å². The quantitative estimate of drug-likeness (QED) is 0.555. The van der Waals surface area contributed by atoms with Crippen LogP contribution in [-0.4, -0.2) is 32.4 Å². The van der Waals surface area contributed by atoms with Crippen LogP contribution in [-0.2, 0) is 6.42 Å². The molecule has 0 radical (unpaired) electrons. The van der Waals surface area contributed by atoms with E-state index in [0.717, 1.165) is 22.2 Å². The van der Waals surface area contributed by atoms with Crippen molar-refractivity contribution in [1.82, 2.24) is 25.3 Å². The molecule has 0 atom stereocenters. The van der Waals surface area contributed by atoms with E-state index in [-0.39, 0.29) is 5.91 Å². The topological polar surface area (TPSA) is 75.6 Å². The van der Waals surface area contributed by atoms with Crippen LogP contribution in [0.5, 0.6) is 0 Å². The zero-order chi connectivity index (χ0) is 18.8. The number of hydrogen-bond donors (Lipinski definition) is 2. The van der Waals surface area contributed by atoms with Gasteiger partial charge in [-0.25, -0.2) is 4.68 Å². The number of para-hydroxylation sites is 1. The highest BCUT2D eigenvalue weighted by molar-refractivity contribution is 6.31. The second-order valence-corrected chi connectivity index (χ2v) is 6.72. The Labute approximate surface area is 161 Å². The van der Waals surface area contributed by atoms with Crippen LogP contribution in [0, 0.1) is 6.92 Å². The van der Waals surface area contributed by atoms with Gasteiger partial charge in [-0.15, -0.1) is 5.10 Å². The Morgan fingerprint density at radius 2 is 2.04 bits per heavy atom. The summed E-state index contributed by atoms with van der Waals surface area (Å²) in [6.07, 6.45) is 2.66. The van der Waals surface area contributed by atoms with Crippen LogP contribution in [0.4, 0.5) is 0 Å². The zero-order valence-electron chi connectivity index (χ0n) is 14.7. The van der Waals surface area contributed by atoms with Crippen LogP contribution >= 0.6 is 11.6 Å². The molecule has 2 N–H and O–H groups in total. The fourth-order valence-electron chi connectivity index (χ4n) is 3.11. The van der Waals surface area contributed by atoms with E-state index < -0.39 is 0 Å². The Hall–Kier alpha value is -3.12. The van der Waals surface area contributed by atoms with Gasteiger partial charge in [-0.3, -0.25) is 4.79 Å². The Morgan fingerprint density at radius 1 is 1.22 bits per heavy atom. The third-order valence-corrected chi connectivity index (χ3v) is 4.75. The van der Waals surface area contributed by atoms with E-state index in [1.807, 2.05) is 61.7 Å². The largest absolute Gasteiger partial charge is 0.361 e. The Kier molecular flexibility index (Phi) is 4.64. The van der Waals surface area contributed by atoms with Crippen molar-refractivity contribution in [2.45, 2.75) is 13.3 Å². The third kappa shape index (κ3) is 3.44. The average molecular weight is 380 g/mol. The van der Waals surface area contributed by atoms with Gasteiger partial charge in [-0.1, -0.05) is 41.1 Å². The van der Waals surface area contributed by atoms with Gasteiger partial charge >= 0.3 is 0 Å². The van der Waals surface area contributed by atoms with Gasteiger partial charge in [0.25, 0.3) is 5.91 Å². The van der Waals surface area contributed by atoms with Crippen molar-refractivity contribution in [2.75, 3.05) is 6.54 Å². The van der Waals surface area contributed by atoms with Gasteiger partial charge in [0.05, 0.1) is 11.4 Å². The monoisotopic (exact) mass is 379 g/mol. The molecule has 0 unspecified atom stereocenters. The lowest BCUT2D eigenvalue weighted by Crippen LogP contribution is -2.26. The van der Waals surface area contributed by atoms with Crippen molar-refractivity contribution in [3.63, 3.8) is 0 Å². The van der Waals surface area contributed by atoms with E-state index in [9.17, 15) is 4.79 Å². The van der Waals surface area contributed by atoms with E-state index in [4.69, 9.17) is 11.6 Å². The molecule has 0 aliphatic heterocycles. The van der Waals surface area contributed by atoms with Gasteiger partial charge in [0.15, 0.2) is 5.69 Å². The van der Waals surface area contributed by atoms with Crippen molar-refractivity contribution >= 4 is 28.4 Å². The van der Waals surface area contributed by atoms with Crippen molar-refractivity contribution in [2.24, 2.45) is 0 Å². The van der Waals surface area contributed by atoms with E-state index in [2.05, 4.69) is 20.6 Å². The molecule has 0 aliphatic rings.